The summed E-state index contributed by atoms with van der Waals surface area (Å²) in [6, 6.07) is 11.3. The molecule has 0 atom stereocenters. The number of aromatic hydroxyl groups is 1. The molecule has 1 aromatic heterocycles. The number of hydrogen-bond acceptors (Lipinski definition) is 6. The van der Waals surface area contributed by atoms with Gasteiger partial charge in [0, 0.05) is 0 Å². The van der Waals surface area contributed by atoms with Gasteiger partial charge in [0.2, 0.25) is 0 Å². The molecule has 0 radical (unpaired) electrons. The number of phenolic OH excluding ortho intramolecular Hbond substituents is 1. The van der Waals surface area contributed by atoms with Crippen LogP contribution in [0, 0.1) is 0 Å². The van der Waals surface area contributed by atoms with Gasteiger partial charge >= 0.3 is 0 Å². The number of fused-ring (bicyclic) bond motifs is 1. The van der Waals surface area contributed by atoms with Crippen LogP contribution in [0.4, 0.5) is 0 Å². The molecule has 0 spiro atoms. The van der Waals surface area contributed by atoms with E-state index in [0.717, 1.165) is 20.1 Å². The first-order valence-electron chi connectivity index (χ1n) is 7.01. The summed E-state index contributed by atoms with van der Waals surface area (Å²) in [5.74, 6) is 0.144. The molecule has 0 unspecified atom stereocenters. The number of benzene rings is 2. The number of aromatic nitrogens is 1. The second kappa shape index (κ2) is 8.31. The van der Waals surface area contributed by atoms with Gasteiger partial charge in [0.15, 0.2) is 4.34 Å². The molecule has 3 rings (SSSR count). The largest absolute Gasteiger partial charge is 0.506 e. The summed E-state index contributed by atoms with van der Waals surface area (Å²) >= 11 is 9.43. The molecule has 1 heterocycles. The number of amides is 1. The topological polar surface area (TPSA) is 74.6 Å². The summed E-state index contributed by atoms with van der Waals surface area (Å²) in [5.41, 5.74) is 4.16. The Kier molecular flexibility index (Phi) is 6.10. The lowest BCUT2D eigenvalue weighted by atomic mass is 10.2. The van der Waals surface area contributed by atoms with Crippen molar-refractivity contribution in [1.82, 2.24) is 10.4 Å². The fraction of sp³-hybridized carbons (Fsp3) is 0.0625. The molecule has 0 saturated carbocycles. The minimum absolute atomic E-state index is 0.119. The van der Waals surface area contributed by atoms with E-state index in [2.05, 4.69) is 47.4 Å². The van der Waals surface area contributed by atoms with Gasteiger partial charge in [0.1, 0.15) is 5.75 Å². The van der Waals surface area contributed by atoms with Crippen molar-refractivity contribution in [2.45, 2.75) is 4.34 Å². The number of nitrogens with one attached hydrogen (secondary N) is 1. The monoisotopic (exact) mass is 499 g/mol. The molecule has 1 amide bonds. The van der Waals surface area contributed by atoms with Gasteiger partial charge in [0.05, 0.1) is 31.1 Å². The number of para-hydroxylation sites is 1. The highest BCUT2D eigenvalue weighted by Crippen LogP contribution is 2.33. The maximum absolute atomic E-state index is 11.9. The lowest BCUT2D eigenvalue weighted by molar-refractivity contribution is -0.118. The molecule has 25 heavy (non-hydrogen) atoms. The molecule has 0 bridgehead atoms. The van der Waals surface area contributed by atoms with E-state index in [0.29, 0.717) is 8.95 Å². The number of phenols is 1. The predicted octanol–water partition coefficient (Wildman–Crippen LogP) is 4.77. The van der Waals surface area contributed by atoms with Crippen molar-refractivity contribution in [3.63, 3.8) is 0 Å². The zero-order valence-electron chi connectivity index (χ0n) is 12.6. The van der Waals surface area contributed by atoms with E-state index in [9.17, 15) is 9.90 Å². The van der Waals surface area contributed by atoms with Gasteiger partial charge in [-0.3, -0.25) is 4.79 Å². The number of thiazole rings is 1. The number of halogens is 2. The normalized spacial score (nSPS) is 11.3. The van der Waals surface area contributed by atoms with Crippen molar-refractivity contribution in [3.05, 3.63) is 50.9 Å². The zero-order chi connectivity index (χ0) is 17.8. The van der Waals surface area contributed by atoms with Crippen molar-refractivity contribution in [3.8, 4) is 5.75 Å². The molecule has 0 aliphatic rings. The van der Waals surface area contributed by atoms with Crippen molar-refractivity contribution >= 4 is 77.3 Å². The lowest BCUT2D eigenvalue weighted by Crippen LogP contribution is -2.19. The Bertz CT molecular complexity index is 903. The van der Waals surface area contributed by atoms with Crippen LogP contribution >= 0.6 is 55.0 Å². The first-order chi connectivity index (χ1) is 12.0. The zero-order valence-corrected chi connectivity index (χ0v) is 17.4. The molecule has 9 heteroatoms. The van der Waals surface area contributed by atoms with Crippen LogP contribution in [0.2, 0.25) is 0 Å². The molecule has 5 nitrogen and oxygen atoms in total. The maximum Gasteiger partial charge on any atom is 0.250 e. The van der Waals surface area contributed by atoms with Gasteiger partial charge in [-0.2, -0.15) is 5.10 Å². The number of hydrazone groups is 1. The highest BCUT2D eigenvalue weighted by atomic mass is 79.9. The molecular formula is C16H11Br2N3O2S2. The smallest absolute Gasteiger partial charge is 0.250 e. The molecular weight excluding hydrogens is 490 g/mol. The van der Waals surface area contributed by atoms with Crippen LogP contribution in [-0.4, -0.2) is 28.0 Å². The molecule has 2 aromatic carbocycles. The Balaban J connectivity index is 1.54. The SMILES string of the molecule is O=C(CSc1nc2ccccc2s1)NN=Cc1cc(Br)c(O)c(Br)c1. The Hall–Kier alpha value is -1.42. The number of hydrogen-bond donors (Lipinski definition) is 2. The summed E-state index contributed by atoms with van der Waals surface area (Å²) in [6.45, 7) is 0. The standard InChI is InChI=1S/C16H11Br2N3O2S2/c17-10-5-9(6-11(18)15(10)23)7-19-21-14(22)8-24-16-20-12-3-1-2-4-13(12)25-16/h1-7,23H,8H2,(H,21,22). The maximum atomic E-state index is 11.9. The van der Waals surface area contributed by atoms with Gasteiger partial charge < -0.3 is 5.11 Å². The second-order valence-corrected chi connectivity index (χ2v) is 8.82. The van der Waals surface area contributed by atoms with Crippen LogP contribution in [0.25, 0.3) is 10.2 Å². The van der Waals surface area contributed by atoms with E-state index in [-0.39, 0.29) is 17.4 Å². The van der Waals surface area contributed by atoms with Crippen molar-refractivity contribution < 1.29 is 9.90 Å². The first-order valence-corrected chi connectivity index (χ1v) is 10.4. The number of nitrogens with zero attached hydrogens (tertiary/aromatic N) is 2. The van der Waals surface area contributed by atoms with Crippen LogP contribution in [-0.2, 0) is 4.79 Å². The van der Waals surface area contributed by atoms with Gasteiger partial charge in [-0.1, -0.05) is 23.9 Å². The van der Waals surface area contributed by atoms with Gasteiger partial charge in [0.25, 0.3) is 5.91 Å². The highest BCUT2D eigenvalue weighted by molar-refractivity contribution is 9.11. The third kappa shape index (κ3) is 4.81. The third-order valence-electron chi connectivity index (χ3n) is 3.04. The van der Waals surface area contributed by atoms with Crippen molar-refractivity contribution in [2.24, 2.45) is 5.10 Å². The molecule has 0 fully saturated rings. The summed E-state index contributed by atoms with van der Waals surface area (Å²) in [5, 5.41) is 13.6. The average Bonchev–Trinajstić information content (AvgIpc) is 3.01. The van der Waals surface area contributed by atoms with Crippen LogP contribution in [0.3, 0.4) is 0 Å². The van der Waals surface area contributed by atoms with Crippen molar-refractivity contribution in [2.75, 3.05) is 5.75 Å². The Morgan fingerprint density at radius 1 is 1.32 bits per heavy atom. The summed E-state index contributed by atoms with van der Waals surface area (Å²) in [7, 11) is 0. The average molecular weight is 501 g/mol. The van der Waals surface area contributed by atoms with Crippen LogP contribution in [0.15, 0.2) is 54.8 Å². The number of carbonyl (C=O) groups is 1. The summed E-state index contributed by atoms with van der Waals surface area (Å²) in [6.07, 6.45) is 1.51. The molecule has 2 N–H and O–H groups in total. The Morgan fingerprint density at radius 2 is 2.04 bits per heavy atom. The fourth-order valence-electron chi connectivity index (χ4n) is 1.91. The fourth-order valence-corrected chi connectivity index (χ4v) is 4.99. The van der Waals surface area contributed by atoms with E-state index in [4.69, 9.17) is 0 Å². The minimum Gasteiger partial charge on any atom is -0.506 e. The highest BCUT2D eigenvalue weighted by Gasteiger charge is 2.07. The van der Waals surface area contributed by atoms with E-state index < -0.39 is 0 Å². The van der Waals surface area contributed by atoms with E-state index >= 15 is 0 Å². The molecule has 128 valence electrons. The Labute approximate surface area is 168 Å². The first kappa shape index (κ1) is 18.4. The molecule has 0 aliphatic carbocycles. The van der Waals surface area contributed by atoms with Gasteiger partial charge in [-0.25, -0.2) is 10.4 Å². The Morgan fingerprint density at radius 3 is 2.76 bits per heavy atom. The summed E-state index contributed by atoms with van der Waals surface area (Å²) in [4.78, 5) is 16.4. The van der Waals surface area contributed by atoms with Crippen molar-refractivity contribution in [1.29, 1.82) is 0 Å². The predicted molar refractivity (Wildman–Crippen MR) is 110 cm³/mol. The van der Waals surface area contributed by atoms with Crippen LogP contribution in [0.1, 0.15) is 5.56 Å². The molecule has 0 saturated heterocycles. The van der Waals surface area contributed by atoms with Gasteiger partial charge in [-0.15, -0.1) is 11.3 Å². The van der Waals surface area contributed by atoms with Crippen LogP contribution in [0.5, 0.6) is 5.75 Å². The lowest BCUT2D eigenvalue weighted by Gasteiger charge is -2.02. The van der Waals surface area contributed by atoms with E-state index in [1.165, 1.54) is 18.0 Å². The molecule has 3 aromatic rings. The van der Waals surface area contributed by atoms with E-state index in [1.807, 2.05) is 24.3 Å². The third-order valence-corrected chi connectivity index (χ3v) is 6.43. The minimum atomic E-state index is -0.211. The number of thioether (sulfide) groups is 1. The van der Waals surface area contributed by atoms with Gasteiger partial charge in [-0.05, 0) is 61.7 Å². The number of rotatable bonds is 5. The molecule has 0 aliphatic heterocycles. The quantitative estimate of drug-likeness (QED) is 0.300. The summed E-state index contributed by atoms with van der Waals surface area (Å²) < 4.78 is 3.04. The van der Waals surface area contributed by atoms with E-state index in [1.54, 1.807) is 23.5 Å². The number of carbonyl (C=O) groups excluding carboxylic acids is 1. The second-order valence-electron chi connectivity index (χ2n) is 4.86. The van der Waals surface area contributed by atoms with Crippen LogP contribution < -0.4 is 5.43 Å².